The average Bonchev–Trinajstić information content (AvgIpc) is 2.78. The van der Waals surface area contributed by atoms with E-state index in [0.717, 1.165) is 6.07 Å². The van der Waals surface area contributed by atoms with Gasteiger partial charge in [0.25, 0.3) is 10.0 Å². The third-order valence-corrected chi connectivity index (χ3v) is 3.94. The molecule has 0 aliphatic carbocycles. The van der Waals surface area contributed by atoms with Crippen LogP contribution in [0.3, 0.4) is 0 Å². The zero-order chi connectivity index (χ0) is 14.9. The molecule has 0 saturated carbocycles. The van der Waals surface area contributed by atoms with Crippen LogP contribution >= 0.6 is 0 Å². The number of aromatic carboxylic acids is 1. The van der Waals surface area contributed by atoms with Crippen molar-refractivity contribution in [3.05, 3.63) is 42.2 Å². The van der Waals surface area contributed by atoms with Crippen molar-refractivity contribution in [1.29, 1.82) is 0 Å². The van der Waals surface area contributed by atoms with Gasteiger partial charge in [0.2, 0.25) is 0 Å². The Morgan fingerprint density at radius 3 is 2.55 bits per heavy atom. The minimum atomic E-state index is -3.88. The maximum atomic E-state index is 12.1. The lowest BCUT2D eigenvalue weighted by Gasteiger charge is -2.09. The Morgan fingerprint density at radius 1 is 1.30 bits per heavy atom. The molecule has 8 heteroatoms. The van der Waals surface area contributed by atoms with Gasteiger partial charge in [-0.3, -0.25) is 4.72 Å². The van der Waals surface area contributed by atoms with Gasteiger partial charge in [0.05, 0.1) is 11.3 Å². The fourth-order valence-electron chi connectivity index (χ4n) is 1.64. The lowest BCUT2D eigenvalue weighted by molar-refractivity contribution is 0.0697. The Kier molecular flexibility index (Phi) is 3.41. The molecule has 0 aliphatic heterocycles. The zero-order valence-corrected chi connectivity index (χ0v) is 11.3. The van der Waals surface area contributed by atoms with Crippen molar-refractivity contribution in [3.8, 4) is 5.75 Å². The van der Waals surface area contributed by atoms with E-state index in [1.165, 1.54) is 24.4 Å². The van der Waals surface area contributed by atoms with E-state index >= 15 is 0 Å². The molecule has 20 heavy (non-hydrogen) atoms. The number of carboxylic acids is 1. The summed E-state index contributed by atoms with van der Waals surface area (Å²) in [5, 5.41) is 18.3. The summed E-state index contributed by atoms with van der Waals surface area (Å²) in [7, 11) is -2.21. The minimum Gasteiger partial charge on any atom is -0.508 e. The molecular weight excluding hydrogens is 284 g/mol. The summed E-state index contributed by atoms with van der Waals surface area (Å²) < 4.78 is 27.9. The van der Waals surface area contributed by atoms with Crippen LogP contribution in [0.1, 0.15) is 10.4 Å². The molecule has 106 valence electrons. The van der Waals surface area contributed by atoms with E-state index in [0.29, 0.717) is 0 Å². The number of phenolic OH excluding ortho intramolecular Hbond substituents is 1. The van der Waals surface area contributed by atoms with Crippen molar-refractivity contribution in [2.75, 3.05) is 4.72 Å². The first kappa shape index (κ1) is 13.9. The lowest BCUT2D eigenvalue weighted by Crippen LogP contribution is -2.15. The average molecular weight is 296 g/mol. The maximum absolute atomic E-state index is 12.1. The molecule has 0 amide bonds. The lowest BCUT2D eigenvalue weighted by atomic mass is 10.2. The highest BCUT2D eigenvalue weighted by molar-refractivity contribution is 7.92. The highest BCUT2D eigenvalue weighted by atomic mass is 32.2. The van der Waals surface area contributed by atoms with Gasteiger partial charge in [-0.15, -0.1) is 0 Å². The molecule has 7 nitrogen and oxygen atoms in total. The number of aryl methyl sites for hydroxylation is 1. The molecule has 0 radical (unpaired) electrons. The first-order valence-electron chi connectivity index (χ1n) is 5.51. The second kappa shape index (κ2) is 4.89. The molecule has 0 saturated heterocycles. The second-order valence-electron chi connectivity index (χ2n) is 4.15. The predicted molar refractivity (Wildman–Crippen MR) is 71.3 cm³/mol. The van der Waals surface area contributed by atoms with Gasteiger partial charge in [0, 0.05) is 19.4 Å². The molecule has 2 aromatic rings. The van der Waals surface area contributed by atoms with Crippen LogP contribution in [0.4, 0.5) is 5.69 Å². The van der Waals surface area contributed by atoms with Crippen molar-refractivity contribution in [2.45, 2.75) is 4.90 Å². The zero-order valence-electron chi connectivity index (χ0n) is 10.4. The number of carboxylic acid groups (broad SMARTS) is 1. The van der Waals surface area contributed by atoms with Crippen LogP contribution in [0.15, 0.2) is 41.6 Å². The Morgan fingerprint density at radius 2 is 2.00 bits per heavy atom. The highest BCUT2D eigenvalue weighted by Crippen LogP contribution is 2.24. The summed E-state index contributed by atoms with van der Waals surface area (Å²) in [5.74, 6) is -1.60. The van der Waals surface area contributed by atoms with Crippen molar-refractivity contribution >= 4 is 21.7 Å². The summed E-state index contributed by atoms with van der Waals surface area (Å²) in [6.07, 6.45) is 2.95. The molecule has 0 fully saturated rings. The third kappa shape index (κ3) is 2.75. The molecule has 1 aromatic heterocycles. The van der Waals surface area contributed by atoms with Crippen LogP contribution in [0.2, 0.25) is 0 Å². The van der Waals surface area contributed by atoms with Crippen molar-refractivity contribution in [2.24, 2.45) is 7.05 Å². The van der Waals surface area contributed by atoms with E-state index in [1.807, 2.05) is 0 Å². The van der Waals surface area contributed by atoms with E-state index in [1.54, 1.807) is 17.8 Å². The number of hydrogen-bond acceptors (Lipinski definition) is 4. The summed E-state index contributed by atoms with van der Waals surface area (Å²) in [6.45, 7) is 0. The van der Waals surface area contributed by atoms with Crippen molar-refractivity contribution < 1.29 is 23.4 Å². The van der Waals surface area contributed by atoms with Crippen molar-refractivity contribution in [1.82, 2.24) is 4.57 Å². The first-order valence-corrected chi connectivity index (χ1v) is 6.99. The standard InChI is InChI=1S/C12H12N2O5S/c1-14-5-4-9(7-14)20(18,19)13-11-3-2-8(15)6-10(11)12(16)17/h2-7,13,15H,1H3,(H,16,17). The van der Waals surface area contributed by atoms with Crippen LogP contribution in [0.25, 0.3) is 0 Å². The Balaban J connectivity index is 2.42. The fraction of sp³-hybridized carbons (Fsp3) is 0.0833. The number of rotatable bonds is 4. The number of phenols is 1. The number of aromatic hydroxyl groups is 1. The van der Waals surface area contributed by atoms with Gasteiger partial charge in [0.15, 0.2) is 0 Å². The van der Waals surface area contributed by atoms with E-state index in [2.05, 4.69) is 4.72 Å². The number of nitrogens with zero attached hydrogens (tertiary/aromatic N) is 1. The Bertz CT molecular complexity index is 764. The summed E-state index contributed by atoms with van der Waals surface area (Å²) in [4.78, 5) is 11.1. The number of nitrogens with one attached hydrogen (secondary N) is 1. The van der Waals surface area contributed by atoms with Crippen LogP contribution in [0, 0.1) is 0 Å². The minimum absolute atomic E-state index is 0.0180. The fourth-order valence-corrected chi connectivity index (χ4v) is 2.77. The van der Waals surface area contributed by atoms with Crippen molar-refractivity contribution in [3.63, 3.8) is 0 Å². The normalized spacial score (nSPS) is 11.2. The summed E-state index contributed by atoms with van der Waals surface area (Å²) >= 11 is 0. The molecular formula is C12H12N2O5S. The molecule has 2 rings (SSSR count). The Labute approximate surface area is 115 Å². The largest absolute Gasteiger partial charge is 0.508 e. The van der Waals surface area contributed by atoms with E-state index in [4.69, 9.17) is 5.11 Å². The predicted octanol–water partition coefficient (Wildman–Crippen LogP) is 1.23. The van der Waals surface area contributed by atoms with Gasteiger partial charge in [-0.05, 0) is 24.3 Å². The first-order chi connectivity index (χ1) is 9.29. The highest BCUT2D eigenvalue weighted by Gasteiger charge is 2.19. The monoisotopic (exact) mass is 296 g/mol. The number of hydrogen-bond donors (Lipinski definition) is 3. The SMILES string of the molecule is Cn1ccc(S(=O)(=O)Nc2ccc(O)cc2C(=O)O)c1. The van der Waals surface area contributed by atoms with Crippen LogP contribution < -0.4 is 4.72 Å². The maximum Gasteiger partial charge on any atom is 0.337 e. The van der Waals surface area contributed by atoms with Gasteiger partial charge < -0.3 is 14.8 Å². The van der Waals surface area contributed by atoms with Crippen LogP contribution in [0.5, 0.6) is 5.75 Å². The topological polar surface area (TPSA) is 109 Å². The van der Waals surface area contributed by atoms with E-state index < -0.39 is 16.0 Å². The molecule has 1 heterocycles. The van der Waals surface area contributed by atoms with Crippen LogP contribution in [-0.2, 0) is 17.1 Å². The van der Waals surface area contributed by atoms with Gasteiger partial charge in [-0.25, -0.2) is 13.2 Å². The molecule has 3 N–H and O–H groups in total. The second-order valence-corrected chi connectivity index (χ2v) is 5.84. The summed E-state index contributed by atoms with van der Waals surface area (Å²) in [6, 6.07) is 4.77. The quantitative estimate of drug-likeness (QED) is 0.735. The van der Waals surface area contributed by atoms with E-state index in [9.17, 15) is 18.3 Å². The van der Waals surface area contributed by atoms with Gasteiger partial charge >= 0.3 is 5.97 Å². The number of sulfonamides is 1. The third-order valence-electron chi connectivity index (χ3n) is 2.59. The number of anilines is 1. The van der Waals surface area contributed by atoms with Gasteiger partial charge in [0.1, 0.15) is 10.6 Å². The molecule has 1 aromatic carbocycles. The molecule has 0 aliphatic rings. The smallest absolute Gasteiger partial charge is 0.337 e. The number of benzene rings is 1. The van der Waals surface area contributed by atoms with E-state index in [-0.39, 0.29) is 21.9 Å². The number of carbonyl (C=O) groups is 1. The molecule has 0 unspecified atom stereocenters. The Hall–Kier alpha value is -2.48. The molecule has 0 bridgehead atoms. The number of aromatic nitrogens is 1. The summed E-state index contributed by atoms with van der Waals surface area (Å²) in [5.41, 5.74) is -0.441. The van der Waals surface area contributed by atoms with Crippen LogP contribution in [-0.4, -0.2) is 29.2 Å². The van der Waals surface area contributed by atoms with Gasteiger partial charge in [-0.1, -0.05) is 0 Å². The molecule has 0 atom stereocenters. The van der Waals surface area contributed by atoms with Gasteiger partial charge in [-0.2, -0.15) is 0 Å². The molecule has 0 spiro atoms.